The Bertz CT molecular complexity index is 447. The van der Waals surface area contributed by atoms with E-state index in [0.717, 1.165) is 17.9 Å². The van der Waals surface area contributed by atoms with Crippen LogP contribution in [0.15, 0.2) is 18.2 Å². The largest absolute Gasteiger partial charge is 0.346 e. The molecule has 1 amide bonds. The van der Waals surface area contributed by atoms with E-state index in [-0.39, 0.29) is 5.91 Å². The topological polar surface area (TPSA) is 21.5 Å². The summed E-state index contributed by atoms with van der Waals surface area (Å²) in [7, 11) is 0. The van der Waals surface area contributed by atoms with E-state index in [4.69, 9.17) is 23.2 Å². The normalized spacial score (nSPS) is 28.4. The van der Waals surface area contributed by atoms with E-state index in [0.29, 0.717) is 27.6 Å². The van der Waals surface area contributed by atoms with Gasteiger partial charge in [0.25, 0.3) is 0 Å². The van der Waals surface area contributed by atoms with Crippen molar-refractivity contribution in [2.24, 2.45) is 5.92 Å². The Balaban J connectivity index is 2.25. The molecule has 0 radical (unpaired) electrons. The summed E-state index contributed by atoms with van der Waals surface area (Å²) in [5, 5.41) is 1.01. The van der Waals surface area contributed by atoms with E-state index in [2.05, 4.69) is 13.8 Å². The van der Waals surface area contributed by atoms with Crippen molar-refractivity contribution in [2.75, 3.05) is 6.54 Å². The molecule has 0 saturated carbocycles. The number of hydrogen-bond acceptors (Lipinski definition) is 1. The molecule has 4 heteroatoms. The lowest BCUT2D eigenvalue weighted by atomic mass is 10.1. The van der Waals surface area contributed by atoms with Crippen LogP contribution in [0.3, 0.4) is 0 Å². The fraction of sp³-hybridized carbons (Fsp3) is 0.462. The molecule has 1 aliphatic rings. The van der Waals surface area contributed by atoms with Gasteiger partial charge in [0.15, 0.2) is 0 Å². The fourth-order valence-electron chi connectivity index (χ4n) is 2.57. The molecule has 92 valence electrons. The standard InChI is InChI=1S/C13H15Cl2NO/c1-8-5-9(2)16(7-8)13(17)11-4-3-10(14)6-12(11)15/h3-4,6,8-9H,5,7H2,1-2H3/p+1. The average Bonchev–Trinajstić information content (AvgIpc) is 2.57. The highest BCUT2D eigenvalue weighted by molar-refractivity contribution is 6.36. The van der Waals surface area contributed by atoms with Gasteiger partial charge in [-0.1, -0.05) is 30.1 Å². The molecule has 1 fully saturated rings. The lowest BCUT2D eigenvalue weighted by molar-refractivity contribution is -0.826. The summed E-state index contributed by atoms with van der Waals surface area (Å²) >= 11 is 11.9. The molecule has 2 rings (SSSR count). The van der Waals surface area contributed by atoms with Crippen molar-refractivity contribution in [3.05, 3.63) is 33.8 Å². The summed E-state index contributed by atoms with van der Waals surface area (Å²) in [6.45, 7) is 5.18. The summed E-state index contributed by atoms with van der Waals surface area (Å²) in [5.41, 5.74) is 0.576. The van der Waals surface area contributed by atoms with Crippen molar-refractivity contribution >= 4 is 29.1 Å². The summed E-state index contributed by atoms with van der Waals surface area (Å²) in [6, 6.07) is 5.42. The van der Waals surface area contributed by atoms with Crippen molar-refractivity contribution in [3.8, 4) is 0 Å². The third-order valence-electron chi connectivity index (χ3n) is 3.39. The fourth-order valence-corrected chi connectivity index (χ4v) is 3.06. The van der Waals surface area contributed by atoms with Gasteiger partial charge >= 0.3 is 5.91 Å². The van der Waals surface area contributed by atoms with E-state index in [9.17, 15) is 4.79 Å². The molecule has 0 bridgehead atoms. The van der Waals surface area contributed by atoms with Gasteiger partial charge in [-0.3, -0.25) is 4.90 Å². The molecule has 1 N–H and O–H groups in total. The van der Waals surface area contributed by atoms with E-state index in [1.165, 1.54) is 0 Å². The molecule has 17 heavy (non-hydrogen) atoms. The third kappa shape index (κ3) is 2.65. The van der Waals surface area contributed by atoms with Gasteiger partial charge in [0.1, 0.15) is 0 Å². The number of halogens is 2. The number of carbonyl (C=O) groups excluding carboxylic acids is 1. The zero-order valence-electron chi connectivity index (χ0n) is 9.97. The summed E-state index contributed by atoms with van der Waals surface area (Å²) in [5.74, 6) is 0.679. The number of likely N-dealkylation sites (tertiary alicyclic amines) is 1. The summed E-state index contributed by atoms with van der Waals surface area (Å²) < 4.78 is 0. The molecule has 1 saturated heterocycles. The van der Waals surface area contributed by atoms with E-state index in [1.807, 2.05) is 0 Å². The predicted molar refractivity (Wildman–Crippen MR) is 69.9 cm³/mol. The van der Waals surface area contributed by atoms with Crippen molar-refractivity contribution in [1.82, 2.24) is 0 Å². The van der Waals surface area contributed by atoms with E-state index in [1.54, 1.807) is 18.2 Å². The first-order valence-corrected chi connectivity index (χ1v) is 6.60. The van der Waals surface area contributed by atoms with Crippen LogP contribution in [0.25, 0.3) is 0 Å². The smallest absolute Gasteiger partial charge is 0.265 e. The molecule has 1 aliphatic heterocycles. The minimum absolute atomic E-state index is 0.0866. The quantitative estimate of drug-likeness (QED) is 0.834. The van der Waals surface area contributed by atoms with E-state index < -0.39 is 0 Å². The molecular weight excluding hydrogens is 257 g/mol. The highest BCUT2D eigenvalue weighted by atomic mass is 35.5. The second-order valence-corrected chi connectivity index (χ2v) is 5.77. The number of quaternary nitrogens is 1. The van der Waals surface area contributed by atoms with Crippen LogP contribution >= 0.6 is 23.2 Å². The number of carbonyl (C=O) groups is 1. The molecule has 1 heterocycles. The summed E-state index contributed by atoms with van der Waals surface area (Å²) in [6.07, 6.45) is 1.09. The van der Waals surface area contributed by atoms with Crippen molar-refractivity contribution in [1.29, 1.82) is 0 Å². The average molecular weight is 273 g/mol. The summed E-state index contributed by atoms with van der Waals surface area (Å²) in [4.78, 5) is 13.4. The van der Waals surface area contributed by atoms with Gasteiger partial charge in [0, 0.05) is 17.4 Å². The molecule has 3 unspecified atom stereocenters. The van der Waals surface area contributed by atoms with Crippen molar-refractivity contribution < 1.29 is 9.69 Å². The zero-order chi connectivity index (χ0) is 12.6. The van der Waals surface area contributed by atoms with Gasteiger partial charge in [0.05, 0.1) is 23.2 Å². The maximum Gasteiger partial charge on any atom is 0.346 e. The van der Waals surface area contributed by atoms with Crippen LogP contribution in [-0.4, -0.2) is 18.5 Å². The van der Waals surface area contributed by atoms with Crippen LogP contribution < -0.4 is 4.90 Å². The zero-order valence-corrected chi connectivity index (χ0v) is 11.5. The Morgan fingerprint density at radius 1 is 1.35 bits per heavy atom. The van der Waals surface area contributed by atoms with Crippen LogP contribution in [0, 0.1) is 5.92 Å². The molecule has 2 nitrogen and oxygen atoms in total. The Morgan fingerprint density at radius 3 is 2.59 bits per heavy atom. The number of rotatable bonds is 1. The lowest BCUT2D eigenvalue weighted by Gasteiger charge is -2.16. The van der Waals surface area contributed by atoms with Crippen LogP contribution in [0.2, 0.25) is 10.0 Å². The van der Waals surface area contributed by atoms with Gasteiger partial charge in [-0.05, 0) is 25.1 Å². The molecule has 0 spiro atoms. The Kier molecular flexibility index (Phi) is 3.76. The van der Waals surface area contributed by atoms with Gasteiger partial charge in [-0.15, -0.1) is 0 Å². The van der Waals surface area contributed by atoms with Gasteiger partial charge in [-0.25, -0.2) is 4.79 Å². The minimum atomic E-state index is 0.0866. The lowest BCUT2D eigenvalue weighted by Crippen LogP contribution is -3.16. The van der Waals surface area contributed by atoms with Crippen LogP contribution in [0.1, 0.15) is 30.6 Å². The van der Waals surface area contributed by atoms with Crippen molar-refractivity contribution in [3.63, 3.8) is 0 Å². The SMILES string of the molecule is CC1CC(C)[NH+](C(=O)c2ccc(Cl)cc2Cl)C1. The van der Waals surface area contributed by atoms with Crippen LogP contribution in [0.5, 0.6) is 0 Å². The Hall–Kier alpha value is -0.570. The van der Waals surface area contributed by atoms with Gasteiger partial charge in [0.2, 0.25) is 0 Å². The first-order chi connectivity index (χ1) is 7.99. The molecule has 1 aromatic rings. The highest BCUT2D eigenvalue weighted by Crippen LogP contribution is 2.21. The highest BCUT2D eigenvalue weighted by Gasteiger charge is 2.36. The van der Waals surface area contributed by atoms with E-state index >= 15 is 0 Å². The maximum absolute atomic E-state index is 12.4. The molecule has 1 aromatic carbocycles. The first kappa shape index (κ1) is 12.9. The number of hydrogen-bond donors (Lipinski definition) is 1. The minimum Gasteiger partial charge on any atom is -0.265 e. The second kappa shape index (κ2) is 4.97. The van der Waals surface area contributed by atoms with Crippen LogP contribution in [-0.2, 0) is 0 Å². The molecular formula is C13H16Cl2NO+. The molecule has 0 aromatic heterocycles. The monoisotopic (exact) mass is 272 g/mol. The van der Waals surface area contributed by atoms with Gasteiger partial charge < -0.3 is 0 Å². The van der Waals surface area contributed by atoms with Gasteiger partial charge in [-0.2, -0.15) is 0 Å². The number of benzene rings is 1. The van der Waals surface area contributed by atoms with Crippen LogP contribution in [0.4, 0.5) is 0 Å². The number of nitrogens with one attached hydrogen (secondary N) is 1. The Labute approximate surface area is 112 Å². The molecule has 0 aliphatic carbocycles. The second-order valence-electron chi connectivity index (χ2n) is 4.92. The molecule has 3 atom stereocenters. The third-order valence-corrected chi connectivity index (χ3v) is 3.93. The van der Waals surface area contributed by atoms with Crippen molar-refractivity contribution in [2.45, 2.75) is 26.3 Å². The maximum atomic E-state index is 12.4. The Morgan fingerprint density at radius 2 is 2.06 bits per heavy atom. The first-order valence-electron chi connectivity index (χ1n) is 5.84. The number of amides is 1. The predicted octanol–water partition coefficient (Wildman–Crippen LogP) is 2.45.